The number of halogens is 3. The second kappa shape index (κ2) is 8.51. The minimum absolute atomic E-state index is 0.220. The van der Waals surface area contributed by atoms with Crippen molar-refractivity contribution in [1.29, 1.82) is 0 Å². The second-order valence-electron chi connectivity index (χ2n) is 3.92. The third-order valence-corrected chi connectivity index (χ3v) is 3.32. The van der Waals surface area contributed by atoms with Crippen molar-refractivity contribution in [3.8, 4) is 5.75 Å². The summed E-state index contributed by atoms with van der Waals surface area (Å²) in [6, 6.07) is 3.00. The maximum Gasteiger partial charge on any atom is 0.344 e. The zero-order valence-corrected chi connectivity index (χ0v) is 12.8. The number of esters is 1. The lowest BCUT2D eigenvalue weighted by Gasteiger charge is -2.09. The predicted octanol–water partition coefficient (Wildman–Crippen LogP) is 4.76. The van der Waals surface area contributed by atoms with Crippen LogP contribution in [-0.4, -0.2) is 19.2 Å². The van der Waals surface area contributed by atoms with Crippen molar-refractivity contribution in [2.45, 2.75) is 26.2 Å². The van der Waals surface area contributed by atoms with Crippen LogP contribution in [-0.2, 0) is 9.53 Å². The van der Waals surface area contributed by atoms with Gasteiger partial charge in [-0.1, -0.05) is 54.6 Å². The van der Waals surface area contributed by atoms with Gasteiger partial charge in [-0.05, 0) is 12.5 Å². The highest BCUT2D eigenvalue weighted by atomic mass is 35.5. The van der Waals surface area contributed by atoms with Gasteiger partial charge < -0.3 is 9.47 Å². The number of unbranched alkanes of at least 4 members (excludes halogenated alkanes) is 2. The zero-order valence-electron chi connectivity index (χ0n) is 10.5. The summed E-state index contributed by atoms with van der Waals surface area (Å²) < 4.78 is 10.2. The molecule has 0 aliphatic rings. The number of carbonyl (C=O) groups is 1. The van der Waals surface area contributed by atoms with Crippen molar-refractivity contribution >= 4 is 40.8 Å². The van der Waals surface area contributed by atoms with Crippen LogP contribution >= 0.6 is 34.8 Å². The van der Waals surface area contributed by atoms with E-state index in [4.69, 9.17) is 44.3 Å². The van der Waals surface area contributed by atoms with Gasteiger partial charge in [-0.2, -0.15) is 0 Å². The number of hydrogen-bond acceptors (Lipinski definition) is 3. The quantitative estimate of drug-likeness (QED) is 0.412. The van der Waals surface area contributed by atoms with Crippen LogP contribution < -0.4 is 4.74 Å². The maximum atomic E-state index is 11.4. The molecule has 106 valence electrons. The molecular weight excluding hydrogens is 310 g/mol. The summed E-state index contributed by atoms with van der Waals surface area (Å²) in [5, 5.41) is 0.894. The highest BCUT2D eigenvalue weighted by Gasteiger charge is 2.11. The summed E-state index contributed by atoms with van der Waals surface area (Å²) in [5.74, 6) is -0.173. The predicted molar refractivity (Wildman–Crippen MR) is 77.5 cm³/mol. The molecule has 0 saturated heterocycles. The Morgan fingerprint density at radius 1 is 1.21 bits per heavy atom. The van der Waals surface area contributed by atoms with Crippen molar-refractivity contribution < 1.29 is 14.3 Å². The lowest BCUT2D eigenvalue weighted by Crippen LogP contribution is -2.15. The third-order valence-electron chi connectivity index (χ3n) is 2.32. The number of rotatable bonds is 7. The lowest BCUT2D eigenvalue weighted by atomic mass is 10.3. The molecule has 0 amide bonds. The smallest absolute Gasteiger partial charge is 0.344 e. The first-order chi connectivity index (χ1) is 9.04. The Kier molecular flexibility index (Phi) is 7.36. The molecule has 0 fully saturated rings. The van der Waals surface area contributed by atoms with Gasteiger partial charge in [-0.25, -0.2) is 4.79 Å². The Balaban J connectivity index is 2.42. The number of carbonyl (C=O) groups excluding carboxylic acids is 1. The second-order valence-corrected chi connectivity index (χ2v) is 5.14. The molecule has 0 heterocycles. The van der Waals surface area contributed by atoms with E-state index in [1.165, 1.54) is 12.1 Å². The van der Waals surface area contributed by atoms with E-state index in [9.17, 15) is 4.79 Å². The first-order valence-corrected chi connectivity index (χ1v) is 7.11. The van der Waals surface area contributed by atoms with Crippen LogP contribution in [0.2, 0.25) is 15.1 Å². The Hall–Kier alpha value is -0.640. The summed E-state index contributed by atoms with van der Waals surface area (Å²) in [6.07, 6.45) is 2.96. The summed E-state index contributed by atoms with van der Waals surface area (Å²) in [6.45, 7) is 2.26. The van der Waals surface area contributed by atoms with Crippen LogP contribution in [0.25, 0.3) is 0 Å². The van der Waals surface area contributed by atoms with Gasteiger partial charge in [0.2, 0.25) is 0 Å². The average Bonchev–Trinajstić information content (AvgIpc) is 2.37. The molecule has 0 saturated carbocycles. The third kappa shape index (κ3) is 5.89. The average molecular weight is 326 g/mol. The molecule has 0 aliphatic carbocycles. The van der Waals surface area contributed by atoms with Gasteiger partial charge >= 0.3 is 5.97 Å². The van der Waals surface area contributed by atoms with E-state index in [0.717, 1.165) is 19.3 Å². The molecule has 0 aromatic heterocycles. The Morgan fingerprint density at radius 3 is 2.63 bits per heavy atom. The van der Waals surface area contributed by atoms with E-state index in [1.54, 1.807) is 0 Å². The fourth-order valence-electron chi connectivity index (χ4n) is 1.35. The molecule has 1 rings (SSSR count). The molecule has 0 N–H and O–H groups in total. The molecule has 0 spiro atoms. The van der Waals surface area contributed by atoms with Crippen molar-refractivity contribution in [2.24, 2.45) is 0 Å². The Morgan fingerprint density at radius 2 is 1.95 bits per heavy atom. The monoisotopic (exact) mass is 324 g/mol. The maximum absolute atomic E-state index is 11.4. The van der Waals surface area contributed by atoms with Crippen LogP contribution in [0.4, 0.5) is 0 Å². The molecule has 1 aromatic rings. The first-order valence-electron chi connectivity index (χ1n) is 5.97. The van der Waals surface area contributed by atoms with Gasteiger partial charge in [0.25, 0.3) is 0 Å². The number of benzene rings is 1. The topological polar surface area (TPSA) is 35.5 Å². The van der Waals surface area contributed by atoms with E-state index in [0.29, 0.717) is 11.6 Å². The fourth-order valence-corrected chi connectivity index (χ4v) is 1.99. The van der Waals surface area contributed by atoms with Crippen LogP contribution in [0.5, 0.6) is 5.75 Å². The molecule has 0 unspecified atom stereocenters. The number of hydrogen-bond donors (Lipinski definition) is 0. The summed E-state index contributed by atoms with van der Waals surface area (Å²) in [7, 11) is 0. The van der Waals surface area contributed by atoms with Gasteiger partial charge in [0.1, 0.15) is 10.8 Å². The Labute approximate surface area is 127 Å². The highest BCUT2D eigenvalue weighted by Crippen LogP contribution is 2.35. The normalized spacial score (nSPS) is 10.3. The van der Waals surface area contributed by atoms with Gasteiger partial charge in [-0.15, -0.1) is 0 Å². The molecule has 19 heavy (non-hydrogen) atoms. The zero-order chi connectivity index (χ0) is 14.3. The van der Waals surface area contributed by atoms with E-state index < -0.39 is 5.97 Å². The first kappa shape index (κ1) is 16.4. The molecule has 3 nitrogen and oxygen atoms in total. The van der Waals surface area contributed by atoms with Crippen molar-refractivity contribution in [2.75, 3.05) is 13.2 Å². The molecule has 0 bridgehead atoms. The van der Waals surface area contributed by atoms with Gasteiger partial charge in [0.05, 0.1) is 11.6 Å². The molecular formula is C13H15Cl3O3. The molecule has 1 aromatic carbocycles. The van der Waals surface area contributed by atoms with E-state index in [1.807, 2.05) is 0 Å². The van der Waals surface area contributed by atoms with E-state index in [-0.39, 0.29) is 22.4 Å². The number of ether oxygens (including phenoxy) is 2. The Bertz CT molecular complexity index is 435. The van der Waals surface area contributed by atoms with Crippen molar-refractivity contribution in [1.82, 2.24) is 0 Å². The largest absolute Gasteiger partial charge is 0.480 e. The lowest BCUT2D eigenvalue weighted by molar-refractivity contribution is -0.146. The van der Waals surface area contributed by atoms with E-state index >= 15 is 0 Å². The SMILES string of the molecule is CCCCCOC(=O)COc1cc(Cl)cc(Cl)c1Cl. The van der Waals surface area contributed by atoms with Crippen molar-refractivity contribution in [3.05, 3.63) is 27.2 Å². The summed E-state index contributed by atoms with van der Waals surface area (Å²) >= 11 is 17.6. The van der Waals surface area contributed by atoms with Gasteiger partial charge in [0.15, 0.2) is 6.61 Å². The molecule has 0 aliphatic heterocycles. The molecule has 6 heteroatoms. The highest BCUT2D eigenvalue weighted by molar-refractivity contribution is 6.44. The summed E-state index contributed by atoms with van der Waals surface area (Å²) in [4.78, 5) is 11.4. The fraction of sp³-hybridized carbons (Fsp3) is 0.462. The van der Waals surface area contributed by atoms with E-state index in [2.05, 4.69) is 6.92 Å². The van der Waals surface area contributed by atoms with Crippen molar-refractivity contribution in [3.63, 3.8) is 0 Å². The molecule has 0 radical (unpaired) electrons. The molecule has 0 atom stereocenters. The van der Waals surface area contributed by atoms with Gasteiger partial charge in [-0.3, -0.25) is 0 Å². The van der Waals surface area contributed by atoms with Crippen LogP contribution in [0.3, 0.4) is 0 Å². The summed E-state index contributed by atoms with van der Waals surface area (Å²) in [5.41, 5.74) is 0. The van der Waals surface area contributed by atoms with Crippen LogP contribution in [0.15, 0.2) is 12.1 Å². The minimum atomic E-state index is -0.441. The van der Waals surface area contributed by atoms with Crippen LogP contribution in [0.1, 0.15) is 26.2 Å². The van der Waals surface area contributed by atoms with Crippen LogP contribution in [0, 0.1) is 0 Å². The van der Waals surface area contributed by atoms with Gasteiger partial charge in [0, 0.05) is 11.1 Å². The standard InChI is InChI=1S/C13H15Cl3O3/c1-2-3-4-5-18-12(17)8-19-11-7-9(14)6-10(15)13(11)16/h6-7H,2-5,8H2,1H3. The minimum Gasteiger partial charge on any atom is -0.480 e.